The lowest BCUT2D eigenvalue weighted by molar-refractivity contribution is 0.866. The third-order valence-electron chi connectivity index (χ3n) is 3.04. The highest BCUT2D eigenvalue weighted by molar-refractivity contribution is 5.61. The molecule has 0 saturated heterocycles. The molecule has 1 aromatic heterocycles. The molecule has 2 rings (SSSR count). The van der Waals surface area contributed by atoms with Crippen LogP contribution in [0.2, 0.25) is 0 Å². The summed E-state index contributed by atoms with van der Waals surface area (Å²) in [5.74, 6) is 1.28. The number of rotatable bonds is 5. The third kappa shape index (κ3) is 3.37. The number of hydrogen-bond acceptors (Lipinski definition) is 4. The molecule has 0 spiro atoms. The van der Waals surface area contributed by atoms with Gasteiger partial charge in [-0.1, -0.05) is 6.07 Å². The van der Waals surface area contributed by atoms with Crippen molar-refractivity contribution in [2.24, 2.45) is 0 Å². The highest BCUT2D eigenvalue weighted by atomic mass is 15.1. The predicted octanol–water partition coefficient (Wildman–Crippen LogP) is 3.25. The van der Waals surface area contributed by atoms with Gasteiger partial charge in [0.05, 0.1) is 0 Å². The normalized spacial score (nSPS) is 10.2. The minimum atomic E-state index is 0.518. The number of nitrogen functional groups attached to an aromatic ring is 1. The Morgan fingerprint density at radius 3 is 2.32 bits per heavy atom. The minimum absolute atomic E-state index is 0.518. The highest BCUT2D eigenvalue weighted by Crippen LogP contribution is 2.20. The summed E-state index contributed by atoms with van der Waals surface area (Å²) >= 11 is 0. The lowest BCUT2D eigenvalue weighted by Gasteiger charge is -2.21. The Morgan fingerprint density at radius 2 is 1.74 bits per heavy atom. The molecular formula is C15H20N4. The second kappa shape index (κ2) is 6.09. The van der Waals surface area contributed by atoms with E-state index in [9.17, 15) is 0 Å². The Labute approximate surface area is 114 Å². The molecular weight excluding hydrogens is 236 g/mol. The molecule has 2 aromatic rings. The van der Waals surface area contributed by atoms with Crippen molar-refractivity contribution in [1.29, 1.82) is 0 Å². The number of aromatic nitrogens is 1. The van der Waals surface area contributed by atoms with Crippen LogP contribution >= 0.6 is 0 Å². The predicted molar refractivity (Wildman–Crippen MR) is 81.9 cm³/mol. The summed E-state index contributed by atoms with van der Waals surface area (Å²) in [6.07, 6.45) is 0. The quantitative estimate of drug-likeness (QED) is 0.862. The summed E-state index contributed by atoms with van der Waals surface area (Å²) in [6.45, 7) is 6.35. The molecule has 0 amide bonds. The molecule has 1 aromatic carbocycles. The Morgan fingerprint density at radius 1 is 1.05 bits per heavy atom. The molecule has 0 aliphatic heterocycles. The van der Waals surface area contributed by atoms with Crippen LogP contribution in [0.1, 0.15) is 13.8 Å². The van der Waals surface area contributed by atoms with E-state index in [0.717, 1.165) is 24.6 Å². The van der Waals surface area contributed by atoms with Crippen molar-refractivity contribution in [3.8, 4) is 0 Å². The summed E-state index contributed by atoms with van der Waals surface area (Å²) in [6, 6.07) is 13.9. The van der Waals surface area contributed by atoms with Crippen LogP contribution in [0.4, 0.5) is 23.0 Å². The topological polar surface area (TPSA) is 54.2 Å². The largest absolute Gasteiger partial charge is 0.384 e. The van der Waals surface area contributed by atoms with Crippen molar-refractivity contribution in [3.05, 3.63) is 42.5 Å². The first kappa shape index (κ1) is 13.2. The maximum absolute atomic E-state index is 5.65. The number of benzene rings is 1. The van der Waals surface area contributed by atoms with Crippen LogP contribution in [-0.2, 0) is 0 Å². The maximum Gasteiger partial charge on any atom is 0.132 e. The zero-order valence-corrected chi connectivity index (χ0v) is 11.4. The molecule has 1 heterocycles. The second-order valence-electron chi connectivity index (χ2n) is 4.29. The van der Waals surface area contributed by atoms with Crippen molar-refractivity contribution >= 4 is 23.0 Å². The average molecular weight is 256 g/mol. The fourth-order valence-corrected chi connectivity index (χ4v) is 2.01. The Hall–Kier alpha value is -2.23. The van der Waals surface area contributed by atoms with Crippen LogP contribution in [0, 0.1) is 0 Å². The van der Waals surface area contributed by atoms with Gasteiger partial charge in [-0.25, -0.2) is 4.98 Å². The van der Waals surface area contributed by atoms with E-state index >= 15 is 0 Å². The van der Waals surface area contributed by atoms with Gasteiger partial charge in [0.15, 0.2) is 0 Å². The summed E-state index contributed by atoms with van der Waals surface area (Å²) in [5, 5.41) is 3.24. The van der Waals surface area contributed by atoms with Crippen molar-refractivity contribution < 1.29 is 0 Å². The maximum atomic E-state index is 5.65. The monoisotopic (exact) mass is 256 g/mol. The highest BCUT2D eigenvalue weighted by Gasteiger charge is 2.02. The summed E-state index contributed by atoms with van der Waals surface area (Å²) in [5.41, 5.74) is 7.90. The van der Waals surface area contributed by atoms with E-state index < -0.39 is 0 Å². The Bertz CT molecular complexity index is 518. The van der Waals surface area contributed by atoms with Gasteiger partial charge in [0, 0.05) is 24.5 Å². The van der Waals surface area contributed by atoms with E-state index in [-0.39, 0.29) is 0 Å². The molecule has 0 saturated carbocycles. The van der Waals surface area contributed by atoms with Crippen molar-refractivity contribution in [2.45, 2.75) is 13.8 Å². The summed E-state index contributed by atoms with van der Waals surface area (Å²) in [4.78, 5) is 6.52. The van der Waals surface area contributed by atoms with Crippen LogP contribution in [0.5, 0.6) is 0 Å². The molecule has 0 radical (unpaired) electrons. The molecule has 4 nitrogen and oxygen atoms in total. The first-order chi connectivity index (χ1) is 9.22. The molecule has 3 N–H and O–H groups in total. The van der Waals surface area contributed by atoms with Crippen LogP contribution in [0.15, 0.2) is 42.5 Å². The van der Waals surface area contributed by atoms with Crippen LogP contribution in [-0.4, -0.2) is 18.1 Å². The second-order valence-corrected chi connectivity index (χ2v) is 4.29. The smallest absolute Gasteiger partial charge is 0.132 e. The molecule has 0 bridgehead atoms. The third-order valence-corrected chi connectivity index (χ3v) is 3.04. The Balaban J connectivity index is 2.10. The lowest BCUT2D eigenvalue weighted by atomic mass is 10.2. The van der Waals surface area contributed by atoms with E-state index in [2.05, 4.69) is 53.3 Å². The molecule has 4 heteroatoms. The van der Waals surface area contributed by atoms with Crippen molar-refractivity contribution in [3.63, 3.8) is 0 Å². The number of nitrogens with one attached hydrogen (secondary N) is 1. The van der Waals surface area contributed by atoms with Crippen LogP contribution < -0.4 is 16.0 Å². The summed E-state index contributed by atoms with van der Waals surface area (Å²) < 4.78 is 0. The Kier molecular flexibility index (Phi) is 4.23. The van der Waals surface area contributed by atoms with Crippen molar-refractivity contribution in [2.75, 3.05) is 29.0 Å². The van der Waals surface area contributed by atoms with E-state index in [1.807, 2.05) is 12.1 Å². The van der Waals surface area contributed by atoms with Gasteiger partial charge in [0.25, 0.3) is 0 Å². The molecule has 0 aliphatic carbocycles. The van der Waals surface area contributed by atoms with Gasteiger partial charge >= 0.3 is 0 Å². The first-order valence-corrected chi connectivity index (χ1v) is 6.57. The minimum Gasteiger partial charge on any atom is -0.384 e. The number of nitrogens with two attached hydrogens (primary N) is 1. The zero-order chi connectivity index (χ0) is 13.7. The van der Waals surface area contributed by atoms with E-state index in [1.165, 1.54) is 5.69 Å². The van der Waals surface area contributed by atoms with Gasteiger partial charge in [-0.15, -0.1) is 0 Å². The zero-order valence-electron chi connectivity index (χ0n) is 11.4. The van der Waals surface area contributed by atoms with Gasteiger partial charge < -0.3 is 16.0 Å². The fraction of sp³-hybridized carbons (Fsp3) is 0.267. The number of nitrogens with zero attached hydrogens (tertiary/aromatic N) is 2. The van der Waals surface area contributed by atoms with E-state index in [0.29, 0.717) is 5.82 Å². The first-order valence-electron chi connectivity index (χ1n) is 6.57. The van der Waals surface area contributed by atoms with Gasteiger partial charge in [-0.2, -0.15) is 0 Å². The standard InChI is InChI=1S/C15H20N4/c1-3-19(4-2)13-10-8-12(9-11-13)17-15-7-5-6-14(16)18-15/h5-11H,3-4H2,1-2H3,(H3,16,17,18). The van der Waals surface area contributed by atoms with E-state index in [1.54, 1.807) is 6.07 Å². The SMILES string of the molecule is CCN(CC)c1ccc(Nc2cccc(N)n2)cc1. The van der Waals surface area contributed by atoms with Gasteiger partial charge in [0.2, 0.25) is 0 Å². The number of anilines is 4. The van der Waals surface area contributed by atoms with Crippen molar-refractivity contribution in [1.82, 2.24) is 4.98 Å². The molecule has 0 atom stereocenters. The molecule has 100 valence electrons. The average Bonchev–Trinajstić information content (AvgIpc) is 2.42. The van der Waals surface area contributed by atoms with Crippen LogP contribution in [0.3, 0.4) is 0 Å². The molecule has 0 unspecified atom stereocenters. The fourth-order valence-electron chi connectivity index (χ4n) is 2.01. The van der Waals surface area contributed by atoms with Gasteiger partial charge in [-0.3, -0.25) is 0 Å². The lowest BCUT2D eigenvalue weighted by Crippen LogP contribution is -2.21. The molecule has 0 fully saturated rings. The van der Waals surface area contributed by atoms with Crippen LogP contribution in [0.25, 0.3) is 0 Å². The number of pyridine rings is 1. The number of hydrogen-bond donors (Lipinski definition) is 2. The molecule has 19 heavy (non-hydrogen) atoms. The summed E-state index contributed by atoms with van der Waals surface area (Å²) in [7, 11) is 0. The van der Waals surface area contributed by atoms with E-state index in [4.69, 9.17) is 5.73 Å². The molecule has 0 aliphatic rings. The van der Waals surface area contributed by atoms with Gasteiger partial charge in [0.1, 0.15) is 11.6 Å². The van der Waals surface area contributed by atoms with Gasteiger partial charge in [-0.05, 0) is 50.2 Å².